The van der Waals surface area contributed by atoms with Crippen LogP contribution in [0.1, 0.15) is 18.1 Å². The third kappa shape index (κ3) is 2.34. The molecule has 0 aliphatic heterocycles. The second-order valence-electron chi connectivity index (χ2n) is 5.00. The van der Waals surface area contributed by atoms with Gasteiger partial charge in [0.05, 0.1) is 5.52 Å². The zero-order chi connectivity index (χ0) is 14.1. The van der Waals surface area contributed by atoms with Crippen molar-refractivity contribution in [1.82, 2.24) is 4.57 Å². The summed E-state index contributed by atoms with van der Waals surface area (Å²) in [5, 5.41) is 1.30. The van der Waals surface area contributed by atoms with Crippen LogP contribution in [0.4, 0.5) is 5.69 Å². The molecule has 3 aromatic rings. The standard InChI is InChI=1S/C17H17BrN2/c1-2-12-4-3-5-13-8-9-20(17(12)13)11-14-6-7-15(19)10-16(14)18/h3-10H,2,11,19H2,1H3. The summed E-state index contributed by atoms with van der Waals surface area (Å²) >= 11 is 3.60. The number of nitrogens with two attached hydrogens (primary N) is 1. The summed E-state index contributed by atoms with van der Waals surface area (Å²) in [6, 6.07) is 14.7. The normalized spacial score (nSPS) is 11.1. The number of nitrogen functional groups attached to an aromatic ring is 1. The van der Waals surface area contributed by atoms with Crippen molar-refractivity contribution in [2.45, 2.75) is 19.9 Å². The van der Waals surface area contributed by atoms with E-state index in [1.165, 1.54) is 22.0 Å². The highest BCUT2D eigenvalue weighted by Crippen LogP contribution is 2.25. The van der Waals surface area contributed by atoms with Gasteiger partial charge in [-0.05, 0) is 41.1 Å². The van der Waals surface area contributed by atoms with Crippen LogP contribution in [0.25, 0.3) is 10.9 Å². The molecule has 0 spiro atoms. The first-order chi connectivity index (χ1) is 9.69. The molecule has 2 nitrogen and oxygen atoms in total. The summed E-state index contributed by atoms with van der Waals surface area (Å²) in [4.78, 5) is 0. The van der Waals surface area contributed by atoms with E-state index in [-0.39, 0.29) is 0 Å². The van der Waals surface area contributed by atoms with Gasteiger partial charge in [0, 0.05) is 22.9 Å². The Morgan fingerprint density at radius 3 is 2.70 bits per heavy atom. The number of aromatic nitrogens is 1. The van der Waals surface area contributed by atoms with Crippen LogP contribution in [0.5, 0.6) is 0 Å². The SMILES string of the molecule is CCc1cccc2ccn(Cc3ccc(N)cc3Br)c12. The fourth-order valence-corrected chi connectivity index (χ4v) is 3.16. The zero-order valence-corrected chi connectivity index (χ0v) is 13.0. The first kappa shape index (κ1) is 13.3. The quantitative estimate of drug-likeness (QED) is 0.700. The average Bonchev–Trinajstić information content (AvgIpc) is 2.85. The maximum absolute atomic E-state index is 5.80. The highest BCUT2D eigenvalue weighted by Gasteiger charge is 2.07. The second kappa shape index (κ2) is 5.33. The number of hydrogen-bond acceptors (Lipinski definition) is 1. The van der Waals surface area contributed by atoms with Gasteiger partial charge in [0.1, 0.15) is 0 Å². The van der Waals surface area contributed by atoms with Gasteiger partial charge in [-0.2, -0.15) is 0 Å². The van der Waals surface area contributed by atoms with Crippen molar-refractivity contribution in [3.05, 3.63) is 64.3 Å². The molecule has 1 aromatic heterocycles. The summed E-state index contributed by atoms with van der Waals surface area (Å²) in [7, 11) is 0. The summed E-state index contributed by atoms with van der Waals surface area (Å²) in [5.41, 5.74) is 10.5. The first-order valence-corrected chi connectivity index (χ1v) is 7.59. The Kier molecular flexibility index (Phi) is 3.53. The third-order valence-corrected chi connectivity index (χ3v) is 4.41. The molecule has 0 bridgehead atoms. The molecule has 3 rings (SSSR count). The number of para-hydroxylation sites is 1. The van der Waals surface area contributed by atoms with E-state index < -0.39 is 0 Å². The van der Waals surface area contributed by atoms with Crippen LogP contribution in [0.3, 0.4) is 0 Å². The van der Waals surface area contributed by atoms with Gasteiger partial charge in [-0.1, -0.05) is 47.1 Å². The number of halogens is 1. The Bertz CT molecular complexity index is 759. The highest BCUT2D eigenvalue weighted by atomic mass is 79.9. The molecule has 0 radical (unpaired) electrons. The maximum atomic E-state index is 5.80. The number of benzene rings is 2. The van der Waals surface area contributed by atoms with Gasteiger partial charge in [0.15, 0.2) is 0 Å². The number of rotatable bonds is 3. The Balaban J connectivity index is 2.06. The molecular formula is C17H17BrN2. The molecule has 0 amide bonds. The molecule has 0 aliphatic carbocycles. The molecule has 0 saturated carbocycles. The first-order valence-electron chi connectivity index (χ1n) is 6.79. The van der Waals surface area contributed by atoms with Crippen molar-refractivity contribution >= 4 is 32.5 Å². The van der Waals surface area contributed by atoms with E-state index in [9.17, 15) is 0 Å². The highest BCUT2D eigenvalue weighted by molar-refractivity contribution is 9.10. The minimum absolute atomic E-state index is 0.784. The van der Waals surface area contributed by atoms with E-state index in [0.29, 0.717) is 0 Å². The van der Waals surface area contributed by atoms with E-state index in [1.807, 2.05) is 12.1 Å². The van der Waals surface area contributed by atoms with Crippen LogP contribution in [0.15, 0.2) is 53.1 Å². The van der Waals surface area contributed by atoms with Crippen molar-refractivity contribution in [3.63, 3.8) is 0 Å². The predicted octanol–water partition coefficient (Wildman–Crippen LogP) is 4.60. The molecule has 20 heavy (non-hydrogen) atoms. The van der Waals surface area contributed by atoms with Crippen LogP contribution in [-0.2, 0) is 13.0 Å². The smallest absolute Gasteiger partial charge is 0.0515 e. The monoisotopic (exact) mass is 328 g/mol. The molecule has 0 unspecified atom stereocenters. The Hall–Kier alpha value is -1.74. The Labute approximate surface area is 127 Å². The van der Waals surface area contributed by atoms with E-state index in [4.69, 9.17) is 5.73 Å². The topological polar surface area (TPSA) is 30.9 Å². The number of anilines is 1. The lowest BCUT2D eigenvalue weighted by atomic mass is 10.1. The molecule has 102 valence electrons. The Morgan fingerprint density at radius 1 is 1.10 bits per heavy atom. The van der Waals surface area contributed by atoms with Gasteiger partial charge in [0.2, 0.25) is 0 Å². The lowest BCUT2D eigenvalue weighted by Crippen LogP contribution is -2.01. The minimum Gasteiger partial charge on any atom is -0.399 e. The van der Waals surface area contributed by atoms with Crippen molar-refractivity contribution in [2.24, 2.45) is 0 Å². The van der Waals surface area contributed by atoms with Gasteiger partial charge >= 0.3 is 0 Å². The average molecular weight is 329 g/mol. The van der Waals surface area contributed by atoms with Crippen molar-refractivity contribution < 1.29 is 0 Å². The van der Waals surface area contributed by atoms with E-state index >= 15 is 0 Å². The Morgan fingerprint density at radius 2 is 1.95 bits per heavy atom. The van der Waals surface area contributed by atoms with Crippen molar-refractivity contribution in [1.29, 1.82) is 0 Å². The number of nitrogens with zero attached hydrogens (tertiary/aromatic N) is 1. The van der Waals surface area contributed by atoms with Gasteiger partial charge in [-0.3, -0.25) is 0 Å². The van der Waals surface area contributed by atoms with Gasteiger partial charge < -0.3 is 10.3 Å². The molecule has 1 heterocycles. The number of fused-ring (bicyclic) bond motifs is 1. The van der Waals surface area contributed by atoms with Gasteiger partial charge in [-0.25, -0.2) is 0 Å². The van der Waals surface area contributed by atoms with Crippen LogP contribution in [-0.4, -0.2) is 4.57 Å². The molecule has 2 N–H and O–H groups in total. The summed E-state index contributed by atoms with van der Waals surface area (Å²) < 4.78 is 3.37. The van der Waals surface area contributed by atoms with Gasteiger partial charge in [0.25, 0.3) is 0 Å². The van der Waals surface area contributed by atoms with Crippen molar-refractivity contribution in [2.75, 3.05) is 5.73 Å². The summed E-state index contributed by atoms with van der Waals surface area (Å²) in [6.07, 6.45) is 3.21. The maximum Gasteiger partial charge on any atom is 0.0515 e. The zero-order valence-electron chi connectivity index (χ0n) is 11.4. The van der Waals surface area contributed by atoms with E-state index in [2.05, 4.69) is 63.9 Å². The van der Waals surface area contributed by atoms with Crippen LogP contribution in [0.2, 0.25) is 0 Å². The van der Waals surface area contributed by atoms with Crippen molar-refractivity contribution in [3.8, 4) is 0 Å². The minimum atomic E-state index is 0.784. The van der Waals surface area contributed by atoms with Crippen LogP contribution >= 0.6 is 15.9 Å². The largest absolute Gasteiger partial charge is 0.399 e. The summed E-state index contributed by atoms with van der Waals surface area (Å²) in [5.74, 6) is 0. The number of hydrogen-bond donors (Lipinski definition) is 1. The molecule has 3 heteroatoms. The van der Waals surface area contributed by atoms with Crippen LogP contribution in [0, 0.1) is 0 Å². The molecule has 0 atom stereocenters. The molecule has 0 saturated heterocycles. The summed E-state index contributed by atoms with van der Waals surface area (Å²) in [6.45, 7) is 3.05. The fourth-order valence-electron chi connectivity index (χ4n) is 2.63. The molecule has 0 aliphatic rings. The third-order valence-electron chi connectivity index (χ3n) is 3.67. The predicted molar refractivity (Wildman–Crippen MR) is 89.0 cm³/mol. The molecule has 2 aromatic carbocycles. The molecule has 0 fully saturated rings. The van der Waals surface area contributed by atoms with E-state index in [1.54, 1.807) is 0 Å². The van der Waals surface area contributed by atoms with Gasteiger partial charge in [-0.15, -0.1) is 0 Å². The second-order valence-corrected chi connectivity index (χ2v) is 5.86. The lowest BCUT2D eigenvalue weighted by molar-refractivity contribution is 0.828. The lowest BCUT2D eigenvalue weighted by Gasteiger charge is -2.11. The van der Waals surface area contributed by atoms with E-state index in [0.717, 1.165) is 23.1 Å². The number of aryl methyl sites for hydroxylation is 1. The molecular weight excluding hydrogens is 312 g/mol. The van der Waals surface area contributed by atoms with Crippen LogP contribution < -0.4 is 5.73 Å². The fraction of sp³-hybridized carbons (Fsp3) is 0.176.